The number of carbonyl (C=O) groups excluding carboxylic acids is 2. The number of aliphatic hydroxyl groups is 2. The molecule has 6 rings (SSSR count). The van der Waals surface area contributed by atoms with Crippen molar-refractivity contribution in [3.63, 3.8) is 0 Å². The maximum absolute atomic E-state index is 12.7. The Balaban J connectivity index is 0.000000902. The number of carbonyl (C=O) groups is 2. The van der Waals surface area contributed by atoms with Crippen molar-refractivity contribution in [1.29, 1.82) is 0 Å². The molecule has 0 saturated heterocycles. The molecule has 368 valence electrons. The van der Waals surface area contributed by atoms with E-state index in [-0.39, 0.29) is 45.2 Å². The van der Waals surface area contributed by atoms with Gasteiger partial charge in [0.25, 0.3) is 0 Å². The number of aryl methyl sites for hydroxylation is 4. The van der Waals surface area contributed by atoms with E-state index in [0.29, 0.717) is 94.6 Å². The highest BCUT2D eigenvalue weighted by molar-refractivity contribution is 6.31. The van der Waals surface area contributed by atoms with Gasteiger partial charge in [0, 0.05) is 36.1 Å². The smallest absolute Gasteiger partial charge is 0.308 e. The molecule has 2 aromatic heterocycles. The number of hydrogen-bond acceptors (Lipinski definition) is 14. The lowest BCUT2D eigenvalue weighted by Gasteiger charge is -2.13. The molecule has 2 heterocycles. The minimum absolute atomic E-state index is 0. The summed E-state index contributed by atoms with van der Waals surface area (Å²) in [5.41, 5.74) is 6.23. The third-order valence-electron chi connectivity index (χ3n) is 9.35. The van der Waals surface area contributed by atoms with Gasteiger partial charge in [-0.15, -0.1) is 30.0 Å². The molecule has 0 unspecified atom stereocenters. The summed E-state index contributed by atoms with van der Waals surface area (Å²) in [5.74, 6) is -0.936. The third kappa shape index (κ3) is 19.0. The van der Waals surface area contributed by atoms with Gasteiger partial charge < -0.3 is 39.4 Å². The normalized spacial score (nSPS) is 10.5. The molecule has 0 bridgehead atoms. The van der Waals surface area contributed by atoms with Crippen molar-refractivity contribution in [2.45, 2.75) is 113 Å². The summed E-state index contributed by atoms with van der Waals surface area (Å²) in [4.78, 5) is 28.0. The molecule has 18 heteroatoms. The van der Waals surface area contributed by atoms with Crippen molar-refractivity contribution < 1.29 is 49.0 Å². The van der Waals surface area contributed by atoms with Gasteiger partial charge in [-0.25, -0.2) is 0 Å². The van der Waals surface area contributed by atoms with Crippen LogP contribution in [-0.2, 0) is 54.2 Å². The van der Waals surface area contributed by atoms with Crippen LogP contribution in [0.15, 0.2) is 60.7 Å². The SMILES string of the molecule is C.CCC.CCCCCc1cc(CCC(=O)OCOC(=O)CCc2cc(CC)c(O)c(-n3nc4ccc(Cl)cc4n3)c2)cc(-n2nc3ccc(Cl)cc3n2)c1O.CCO.CCOCCOCO. The zero-order valence-corrected chi connectivity index (χ0v) is 40.3. The topological polar surface area (TPSA) is 213 Å². The van der Waals surface area contributed by atoms with Crippen LogP contribution in [0.3, 0.4) is 0 Å². The third-order valence-corrected chi connectivity index (χ3v) is 9.82. The van der Waals surface area contributed by atoms with Gasteiger partial charge in [-0.3, -0.25) is 9.59 Å². The average molecular weight is 972 g/mol. The van der Waals surface area contributed by atoms with Crippen molar-refractivity contribution in [1.82, 2.24) is 30.0 Å². The van der Waals surface area contributed by atoms with Crippen LogP contribution >= 0.6 is 23.2 Å². The Kier molecular flexibility index (Phi) is 27.2. The van der Waals surface area contributed by atoms with Crippen molar-refractivity contribution in [3.05, 3.63) is 93.0 Å². The summed E-state index contributed by atoms with van der Waals surface area (Å²) in [7, 11) is 0. The number of rotatable bonds is 20. The van der Waals surface area contributed by atoms with Gasteiger partial charge in [0.2, 0.25) is 6.79 Å². The first-order chi connectivity index (χ1) is 31.9. The Bertz CT molecular complexity index is 2400. The second-order valence-corrected chi connectivity index (χ2v) is 15.6. The first-order valence-corrected chi connectivity index (χ1v) is 23.1. The highest BCUT2D eigenvalue weighted by Crippen LogP contribution is 2.32. The number of unbranched alkanes of at least 4 members (excludes halogenated alkanes) is 2. The molecule has 0 aliphatic rings. The lowest BCUT2D eigenvalue weighted by molar-refractivity contribution is -0.167. The Labute approximate surface area is 403 Å². The number of benzene rings is 4. The monoisotopic (exact) mass is 970 g/mol. The fraction of sp³-hybridized carbons (Fsp3) is 0.469. The van der Waals surface area contributed by atoms with Crippen LogP contribution in [0.5, 0.6) is 11.5 Å². The van der Waals surface area contributed by atoms with Gasteiger partial charge in [0.05, 0.1) is 13.2 Å². The fourth-order valence-electron chi connectivity index (χ4n) is 6.22. The van der Waals surface area contributed by atoms with Gasteiger partial charge in [0.1, 0.15) is 51.7 Å². The first-order valence-electron chi connectivity index (χ1n) is 22.3. The number of fused-ring (bicyclic) bond motifs is 2. The van der Waals surface area contributed by atoms with E-state index in [1.807, 2.05) is 26.0 Å². The quantitative estimate of drug-likeness (QED) is 0.0319. The summed E-state index contributed by atoms with van der Waals surface area (Å²) < 4.78 is 19.9. The van der Waals surface area contributed by atoms with Crippen LogP contribution in [-0.4, -0.2) is 102 Å². The number of aromatic hydroxyl groups is 2. The molecule has 0 saturated carbocycles. The molecule has 4 aromatic carbocycles. The summed E-state index contributed by atoms with van der Waals surface area (Å²) in [6.45, 7) is 13.1. The van der Waals surface area contributed by atoms with Crippen LogP contribution < -0.4 is 0 Å². The van der Waals surface area contributed by atoms with E-state index in [0.717, 1.165) is 36.0 Å². The fourth-order valence-corrected chi connectivity index (χ4v) is 6.55. The van der Waals surface area contributed by atoms with Gasteiger partial charge >= 0.3 is 11.9 Å². The maximum Gasteiger partial charge on any atom is 0.308 e. The highest BCUT2D eigenvalue weighted by atomic mass is 35.5. The van der Waals surface area contributed by atoms with E-state index >= 15 is 0 Å². The van der Waals surface area contributed by atoms with E-state index in [1.165, 1.54) is 16.0 Å². The second kappa shape index (κ2) is 31.6. The Morgan fingerprint density at radius 2 is 1.06 bits per heavy atom. The number of aliphatic hydroxyl groups excluding tert-OH is 2. The molecule has 67 heavy (non-hydrogen) atoms. The molecule has 0 fully saturated rings. The average Bonchev–Trinajstić information content (AvgIpc) is 3.92. The molecule has 6 aromatic rings. The van der Waals surface area contributed by atoms with Crippen molar-refractivity contribution in [3.8, 4) is 22.9 Å². The molecule has 0 amide bonds. The van der Waals surface area contributed by atoms with Gasteiger partial charge in [-0.1, -0.05) is 89.7 Å². The summed E-state index contributed by atoms with van der Waals surface area (Å²) in [5, 5.41) is 56.7. The van der Waals surface area contributed by atoms with E-state index < -0.39 is 18.7 Å². The van der Waals surface area contributed by atoms with Gasteiger partial charge in [-0.05, 0) is 117 Å². The Morgan fingerprint density at radius 3 is 1.51 bits per heavy atom. The van der Waals surface area contributed by atoms with Crippen molar-refractivity contribution >= 4 is 57.2 Å². The molecule has 0 radical (unpaired) electrons. The second-order valence-electron chi connectivity index (χ2n) is 14.7. The summed E-state index contributed by atoms with van der Waals surface area (Å²) in [6, 6.07) is 17.6. The summed E-state index contributed by atoms with van der Waals surface area (Å²) >= 11 is 12.2. The summed E-state index contributed by atoms with van der Waals surface area (Å²) in [6.07, 6.45) is 6.09. The minimum Gasteiger partial charge on any atom is -0.505 e. The van der Waals surface area contributed by atoms with E-state index in [9.17, 15) is 19.8 Å². The van der Waals surface area contributed by atoms with Crippen LogP contribution in [0.1, 0.15) is 110 Å². The Hall–Kier alpha value is -5.36. The van der Waals surface area contributed by atoms with Crippen LogP contribution in [0.25, 0.3) is 33.4 Å². The van der Waals surface area contributed by atoms with E-state index in [1.54, 1.807) is 55.5 Å². The molecule has 0 spiro atoms. The van der Waals surface area contributed by atoms with Crippen molar-refractivity contribution in [2.75, 3.05) is 40.0 Å². The van der Waals surface area contributed by atoms with Crippen LogP contribution in [0.4, 0.5) is 0 Å². The zero-order chi connectivity index (χ0) is 48.4. The predicted octanol–water partition coefficient (Wildman–Crippen LogP) is 9.82. The number of phenolic OH excluding ortho intramolecular Hbond substituents is 2. The molecule has 16 nitrogen and oxygen atoms in total. The van der Waals surface area contributed by atoms with Gasteiger partial charge in [-0.2, -0.15) is 0 Å². The standard InChI is InChI=1S/C38H38Cl2N6O6.C5H12O3.C3H8.C2H6O.CH4/c1-3-5-6-7-26-17-24(19-34(38(26)50)46-42-30-13-11-28(40)21-32(30)44-46)9-15-36(48)52-22-51-35(47)14-8-23-16-25(4-2)37(49)33(18-23)45-41-29-12-10-27(39)20-31(29)43-45;1-2-7-3-4-8-5-6;1-3-2;1-2-3;/h10-13,16-21,49-50H,3-9,14-15,22H2,1-2H3;6H,2-5H2,1H3;3H2,1-2H3;3H,2H2,1H3;1H4. The molecule has 0 aliphatic heterocycles. The first kappa shape index (κ1) is 57.8. The molecule has 0 aliphatic carbocycles. The van der Waals surface area contributed by atoms with E-state index in [4.69, 9.17) is 47.6 Å². The number of hydrogen-bond donors (Lipinski definition) is 4. The number of phenols is 2. The lowest BCUT2D eigenvalue weighted by atomic mass is 10.00. The van der Waals surface area contributed by atoms with Gasteiger partial charge in [0.15, 0.2) is 0 Å². The minimum atomic E-state index is -0.543. The zero-order valence-electron chi connectivity index (χ0n) is 38.8. The number of esters is 2. The number of nitrogens with zero attached hydrogens (tertiary/aromatic N) is 6. The lowest BCUT2D eigenvalue weighted by Crippen LogP contribution is -2.14. The number of halogens is 2. The number of ether oxygens (including phenoxy) is 4. The van der Waals surface area contributed by atoms with E-state index in [2.05, 4.69) is 45.9 Å². The Morgan fingerprint density at radius 1 is 0.612 bits per heavy atom. The molecular formula is C49H68Cl2N6O10. The molecular weight excluding hydrogens is 903 g/mol. The predicted molar refractivity (Wildman–Crippen MR) is 262 cm³/mol. The maximum atomic E-state index is 12.7. The van der Waals surface area contributed by atoms with Crippen molar-refractivity contribution in [2.24, 2.45) is 0 Å². The largest absolute Gasteiger partial charge is 0.505 e. The molecule has 0 atom stereocenters. The highest BCUT2D eigenvalue weighted by Gasteiger charge is 2.18. The van der Waals surface area contributed by atoms with Crippen LogP contribution in [0, 0.1) is 0 Å². The number of aromatic nitrogens is 6. The van der Waals surface area contributed by atoms with Crippen LogP contribution in [0.2, 0.25) is 10.0 Å². The molecule has 4 N–H and O–H groups in total.